The van der Waals surface area contributed by atoms with Crippen molar-refractivity contribution >= 4 is 6.29 Å². The van der Waals surface area contributed by atoms with Gasteiger partial charge in [-0.05, 0) is 6.42 Å². The Morgan fingerprint density at radius 2 is 2.38 bits per heavy atom. The number of aldehydes is 1. The van der Waals surface area contributed by atoms with Crippen molar-refractivity contribution in [2.45, 2.75) is 19.3 Å². The molecule has 0 amide bonds. The topological polar surface area (TPSA) is 37.3 Å². The maximum Gasteiger partial charge on any atom is 0.120 e. The molecule has 0 unspecified atom stereocenters. The lowest BCUT2D eigenvalue weighted by Gasteiger charge is -1.90. The lowest BCUT2D eigenvalue weighted by Crippen LogP contribution is -1.79. The number of carbonyl (C=O) groups excluding carboxylic acids is 1. The van der Waals surface area contributed by atoms with Gasteiger partial charge in [-0.1, -0.05) is 6.58 Å². The molecule has 0 aliphatic rings. The number of aliphatic hydroxyl groups is 1. The van der Waals surface area contributed by atoms with Crippen molar-refractivity contribution in [1.29, 1.82) is 0 Å². The molecule has 0 saturated carbocycles. The molecule has 2 heteroatoms. The fourth-order valence-electron chi connectivity index (χ4n) is 0.389. The van der Waals surface area contributed by atoms with Gasteiger partial charge < -0.3 is 9.90 Å². The number of unbranched alkanes of at least 4 members (excludes halogenated alkanes) is 1. The highest BCUT2D eigenvalue weighted by Crippen LogP contribution is 1.98. The van der Waals surface area contributed by atoms with Crippen molar-refractivity contribution in [2.24, 2.45) is 0 Å². The van der Waals surface area contributed by atoms with Crippen LogP contribution in [0.3, 0.4) is 0 Å². The minimum absolute atomic E-state index is 0.159. The van der Waals surface area contributed by atoms with Crippen molar-refractivity contribution < 1.29 is 9.90 Å². The third kappa shape index (κ3) is 5.21. The highest BCUT2D eigenvalue weighted by Gasteiger charge is 1.86. The summed E-state index contributed by atoms with van der Waals surface area (Å²) in [5.74, 6) is 0.159. The average molecular weight is 114 g/mol. The van der Waals surface area contributed by atoms with Gasteiger partial charge in [0.15, 0.2) is 0 Å². The summed E-state index contributed by atoms with van der Waals surface area (Å²) in [4.78, 5) is 9.68. The minimum Gasteiger partial charge on any atom is -0.513 e. The number of carbonyl (C=O) groups is 1. The van der Waals surface area contributed by atoms with Gasteiger partial charge in [0.2, 0.25) is 0 Å². The van der Waals surface area contributed by atoms with Gasteiger partial charge in [0.25, 0.3) is 0 Å². The maximum atomic E-state index is 9.68. The highest BCUT2D eigenvalue weighted by molar-refractivity contribution is 5.49. The molecule has 0 atom stereocenters. The molecular weight excluding hydrogens is 104 g/mol. The summed E-state index contributed by atoms with van der Waals surface area (Å²) in [6.45, 7) is 3.27. The zero-order valence-corrected chi connectivity index (χ0v) is 4.76. The zero-order valence-electron chi connectivity index (χ0n) is 4.76. The molecule has 1 N–H and O–H groups in total. The Bertz CT molecular complexity index is 86.5. The van der Waals surface area contributed by atoms with Gasteiger partial charge >= 0.3 is 0 Å². The highest BCUT2D eigenvalue weighted by atomic mass is 16.3. The SMILES string of the molecule is C=C(O)CCCC=O. The van der Waals surface area contributed by atoms with Gasteiger partial charge in [-0.25, -0.2) is 0 Å². The molecular formula is C6H10O2. The van der Waals surface area contributed by atoms with E-state index in [-0.39, 0.29) is 5.76 Å². The molecule has 0 aromatic rings. The summed E-state index contributed by atoms with van der Waals surface area (Å²) in [7, 11) is 0. The molecule has 0 fully saturated rings. The first-order chi connectivity index (χ1) is 3.77. The molecule has 0 heterocycles. The van der Waals surface area contributed by atoms with E-state index >= 15 is 0 Å². The molecule has 8 heavy (non-hydrogen) atoms. The molecule has 0 saturated heterocycles. The molecule has 0 aliphatic carbocycles. The van der Waals surface area contributed by atoms with E-state index in [9.17, 15) is 4.79 Å². The predicted molar refractivity (Wildman–Crippen MR) is 31.7 cm³/mol. The first-order valence-corrected chi connectivity index (χ1v) is 2.57. The van der Waals surface area contributed by atoms with Gasteiger partial charge in [-0.15, -0.1) is 0 Å². The third-order valence-electron chi connectivity index (χ3n) is 0.787. The van der Waals surface area contributed by atoms with Gasteiger partial charge in [-0.2, -0.15) is 0 Å². The van der Waals surface area contributed by atoms with Gasteiger partial charge in [0.05, 0.1) is 5.76 Å². The van der Waals surface area contributed by atoms with Crippen molar-refractivity contribution in [3.8, 4) is 0 Å². The zero-order chi connectivity index (χ0) is 6.41. The van der Waals surface area contributed by atoms with E-state index in [1.54, 1.807) is 0 Å². The molecule has 2 nitrogen and oxygen atoms in total. The van der Waals surface area contributed by atoms with Gasteiger partial charge in [-0.3, -0.25) is 0 Å². The number of allylic oxidation sites excluding steroid dienone is 1. The standard InChI is InChI=1S/C6H10O2/c1-6(8)4-2-3-5-7/h5,8H,1-4H2. The van der Waals surface area contributed by atoms with Crippen LogP contribution in [-0.4, -0.2) is 11.4 Å². The summed E-state index contributed by atoms with van der Waals surface area (Å²) < 4.78 is 0. The maximum absolute atomic E-state index is 9.68. The fourth-order valence-corrected chi connectivity index (χ4v) is 0.389. The van der Waals surface area contributed by atoms with E-state index < -0.39 is 0 Å². The summed E-state index contributed by atoms with van der Waals surface area (Å²) in [5.41, 5.74) is 0. The van der Waals surface area contributed by atoms with E-state index in [2.05, 4.69) is 6.58 Å². The van der Waals surface area contributed by atoms with Crippen LogP contribution in [-0.2, 0) is 4.79 Å². The van der Waals surface area contributed by atoms with Crippen LogP contribution in [0.2, 0.25) is 0 Å². The normalized spacial score (nSPS) is 8.50. The summed E-state index contributed by atoms with van der Waals surface area (Å²) in [6, 6.07) is 0. The minimum atomic E-state index is 0.159. The number of hydrogen-bond donors (Lipinski definition) is 1. The van der Waals surface area contributed by atoms with Gasteiger partial charge in [0.1, 0.15) is 6.29 Å². The largest absolute Gasteiger partial charge is 0.513 e. The Morgan fingerprint density at radius 3 is 2.75 bits per heavy atom. The number of hydrogen-bond acceptors (Lipinski definition) is 2. The van der Waals surface area contributed by atoms with Crippen LogP contribution in [0.15, 0.2) is 12.3 Å². The Morgan fingerprint density at radius 1 is 1.75 bits per heavy atom. The van der Waals surface area contributed by atoms with Crippen LogP contribution in [0.1, 0.15) is 19.3 Å². The first-order valence-electron chi connectivity index (χ1n) is 2.57. The van der Waals surface area contributed by atoms with E-state index in [4.69, 9.17) is 5.11 Å². The Balaban J connectivity index is 2.93. The monoisotopic (exact) mass is 114 g/mol. The smallest absolute Gasteiger partial charge is 0.120 e. The van der Waals surface area contributed by atoms with E-state index in [0.717, 1.165) is 6.29 Å². The molecule has 0 aliphatic heterocycles. The number of rotatable bonds is 4. The second-order valence-corrected chi connectivity index (χ2v) is 1.63. The fraction of sp³-hybridized carbons (Fsp3) is 0.500. The second-order valence-electron chi connectivity index (χ2n) is 1.63. The predicted octanol–water partition coefficient (Wildman–Crippen LogP) is 1.43. The van der Waals surface area contributed by atoms with Gasteiger partial charge in [0, 0.05) is 12.8 Å². The van der Waals surface area contributed by atoms with Crippen molar-refractivity contribution in [3.05, 3.63) is 12.3 Å². The lowest BCUT2D eigenvalue weighted by atomic mass is 10.2. The molecule has 0 bridgehead atoms. The number of aliphatic hydroxyl groups excluding tert-OH is 1. The van der Waals surface area contributed by atoms with Crippen LogP contribution in [0.4, 0.5) is 0 Å². The first kappa shape index (κ1) is 7.21. The summed E-state index contributed by atoms with van der Waals surface area (Å²) in [5, 5.41) is 8.47. The van der Waals surface area contributed by atoms with Crippen LogP contribution < -0.4 is 0 Å². The lowest BCUT2D eigenvalue weighted by molar-refractivity contribution is -0.107. The van der Waals surface area contributed by atoms with Crippen LogP contribution >= 0.6 is 0 Å². The van der Waals surface area contributed by atoms with Crippen molar-refractivity contribution in [3.63, 3.8) is 0 Å². The quantitative estimate of drug-likeness (QED) is 0.341. The molecule has 0 spiro atoms. The van der Waals surface area contributed by atoms with E-state index in [0.29, 0.717) is 19.3 Å². The summed E-state index contributed by atoms with van der Waals surface area (Å²) in [6.07, 6.45) is 2.60. The van der Waals surface area contributed by atoms with Crippen LogP contribution in [0.5, 0.6) is 0 Å². The molecule has 0 rings (SSSR count). The van der Waals surface area contributed by atoms with Crippen molar-refractivity contribution in [2.75, 3.05) is 0 Å². The Kier molecular flexibility index (Phi) is 3.94. The second kappa shape index (κ2) is 4.37. The Hall–Kier alpha value is -0.790. The van der Waals surface area contributed by atoms with Crippen molar-refractivity contribution in [1.82, 2.24) is 0 Å². The molecule has 0 aromatic carbocycles. The molecule has 0 aromatic heterocycles. The molecule has 0 radical (unpaired) electrons. The van der Waals surface area contributed by atoms with E-state index in [1.807, 2.05) is 0 Å². The average Bonchev–Trinajstić information content (AvgIpc) is 1.66. The van der Waals surface area contributed by atoms with E-state index in [1.165, 1.54) is 0 Å². The van der Waals surface area contributed by atoms with Crippen LogP contribution in [0, 0.1) is 0 Å². The third-order valence-corrected chi connectivity index (χ3v) is 0.787. The van der Waals surface area contributed by atoms with Crippen LogP contribution in [0.25, 0.3) is 0 Å². The Labute approximate surface area is 48.8 Å². The summed E-state index contributed by atoms with van der Waals surface area (Å²) >= 11 is 0. The molecule has 46 valence electrons.